The minimum absolute atomic E-state index is 0.160. The number of nitrogens with two attached hydrogens (primary N) is 1. The normalized spacial score (nSPS) is 12.0. The third kappa shape index (κ3) is 3.99. The summed E-state index contributed by atoms with van der Waals surface area (Å²) in [5.41, 5.74) is 8.36. The Bertz CT molecular complexity index is 525. The van der Waals surface area contributed by atoms with Crippen molar-refractivity contribution in [1.82, 2.24) is 0 Å². The molecule has 0 aliphatic rings. The molecule has 3 nitrogen and oxygen atoms in total. The summed E-state index contributed by atoms with van der Waals surface area (Å²) in [7, 11) is 2.08. The van der Waals surface area contributed by atoms with Crippen molar-refractivity contribution in [2.75, 3.05) is 25.1 Å². The van der Waals surface area contributed by atoms with Crippen molar-refractivity contribution < 1.29 is 4.74 Å². The van der Waals surface area contributed by atoms with E-state index in [1.54, 1.807) is 0 Å². The maximum Gasteiger partial charge on any atom is 0.119 e. The molecule has 2 rings (SSSR count). The number of likely N-dealkylation sites (N-methyl/N-ethyl adjacent to an activating group) is 1. The molecular weight excluding hydrogens is 260 g/mol. The maximum atomic E-state index is 5.99. The molecular formula is C18H24N2O. The number of benzene rings is 2. The van der Waals surface area contributed by atoms with E-state index in [2.05, 4.69) is 43.1 Å². The quantitative estimate of drug-likeness (QED) is 0.844. The van der Waals surface area contributed by atoms with Crippen molar-refractivity contribution in [3.8, 4) is 5.75 Å². The fraction of sp³-hybridized carbons (Fsp3) is 0.333. The van der Waals surface area contributed by atoms with E-state index in [9.17, 15) is 0 Å². The Morgan fingerprint density at radius 2 is 1.71 bits per heavy atom. The summed E-state index contributed by atoms with van der Waals surface area (Å²) in [5, 5.41) is 0. The van der Waals surface area contributed by atoms with Crippen molar-refractivity contribution in [3.05, 3.63) is 60.2 Å². The molecule has 0 aliphatic heterocycles. The van der Waals surface area contributed by atoms with Gasteiger partial charge in [-0.05, 0) is 36.2 Å². The molecule has 0 radical (unpaired) electrons. The van der Waals surface area contributed by atoms with Gasteiger partial charge in [0.15, 0.2) is 0 Å². The molecule has 0 fully saturated rings. The van der Waals surface area contributed by atoms with Crippen LogP contribution in [0.4, 0.5) is 5.69 Å². The van der Waals surface area contributed by atoms with Crippen molar-refractivity contribution in [1.29, 1.82) is 0 Å². The number of para-hydroxylation sites is 1. The smallest absolute Gasteiger partial charge is 0.119 e. The summed E-state index contributed by atoms with van der Waals surface area (Å²) in [4.78, 5) is 2.21. The number of ether oxygens (including phenoxy) is 1. The number of anilines is 1. The van der Waals surface area contributed by atoms with Gasteiger partial charge in [-0.15, -0.1) is 0 Å². The highest BCUT2D eigenvalue weighted by Crippen LogP contribution is 2.26. The lowest BCUT2D eigenvalue weighted by Gasteiger charge is -2.29. The van der Waals surface area contributed by atoms with Gasteiger partial charge in [-0.2, -0.15) is 0 Å². The van der Waals surface area contributed by atoms with Crippen molar-refractivity contribution in [2.45, 2.75) is 19.4 Å². The van der Waals surface area contributed by atoms with Gasteiger partial charge in [0.1, 0.15) is 5.75 Å². The summed E-state index contributed by atoms with van der Waals surface area (Å²) >= 11 is 0. The highest BCUT2D eigenvalue weighted by atomic mass is 16.5. The highest BCUT2D eigenvalue weighted by molar-refractivity contribution is 5.48. The van der Waals surface area contributed by atoms with E-state index in [0.717, 1.165) is 18.8 Å². The van der Waals surface area contributed by atoms with Gasteiger partial charge >= 0.3 is 0 Å². The van der Waals surface area contributed by atoms with Crippen LogP contribution in [0.25, 0.3) is 0 Å². The first-order valence-electron chi connectivity index (χ1n) is 7.47. The average Bonchev–Trinajstić information content (AvgIpc) is 2.55. The zero-order chi connectivity index (χ0) is 15.1. The molecule has 112 valence electrons. The molecule has 0 saturated heterocycles. The van der Waals surface area contributed by atoms with Crippen LogP contribution in [-0.2, 0) is 0 Å². The summed E-state index contributed by atoms with van der Waals surface area (Å²) in [6, 6.07) is 18.7. The molecule has 0 amide bonds. The maximum absolute atomic E-state index is 5.99. The second kappa shape index (κ2) is 7.70. The van der Waals surface area contributed by atoms with Crippen LogP contribution in [0, 0.1) is 0 Å². The molecule has 2 aromatic rings. The zero-order valence-corrected chi connectivity index (χ0v) is 12.8. The Balaban J connectivity index is 2.13. The van der Waals surface area contributed by atoms with Crippen LogP contribution in [0.2, 0.25) is 0 Å². The Morgan fingerprint density at radius 1 is 1.05 bits per heavy atom. The van der Waals surface area contributed by atoms with Gasteiger partial charge in [-0.3, -0.25) is 0 Å². The lowest BCUT2D eigenvalue weighted by atomic mass is 10.0. The number of hydrogen-bond donors (Lipinski definition) is 1. The van der Waals surface area contributed by atoms with Crippen LogP contribution in [0.5, 0.6) is 5.75 Å². The number of hydrogen-bond acceptors (Lipinski definition) is 3. The SMILES string of the molecule is CCCOc1ccc(C(CN)N(C)c2ccccc2)cc1. The van der Waals surface area contributed by atoms with Crippen LogP contribution < -0.4 is 15.4 Å². The molecule has 1 atom stereocenters. The predicted octanol–water partition coefficient (Wildman–Crippen LogP) is 3.61. The third-order valence-corrected chi connectivity index (χ3v) is 3.59. The van der Waals surface area contributed by atoms with Gasteiger partial charge < -0.3 is 15.4 Å². The van der Waals surface area contributed by atoms with Crippen molar-refractivity contribution in [3.63, 3.8) is 0 Å². The molecule has 3 heteroatoms. The van der Waals surface area contributed by atoms with Gasteiger partial charge in [0, 0.05) is 19.3 Å². The van der Waals surface area contributed by atoms with Crippen molar-refractivity contribution in [2.24, 2.45) is 5.73 Å². The van der Waals surface area contributed by atoms with E-state index in [1.807, 2.05) is 30.3 Å². The fourth-order valence-electron chi connectivity index (χ4n) is 2.37. The zero-order valence-electron chi connectivity index (χ0n) is 12.8. The lowest BCUT2D eigenvalue weighted by Crippen LogP contribution is -2.30. The summed E-state index contributed by atoms with van der Waals surface area (Å²) in [5.74, 6) is 0.915. The Kier molecular flexibility index (Phi) is 5.64. The predicted molar refractivity (Wildman–Crippen MR) is 88.9 cm³/mol. The van der Waals surface area contributed by atoms with Crippen LogP contribution in [0.3, 0.4) is 0 Å². The molecule has 0 saturated carbocycles. The molecule has 0 bridgehead atoms. The van der Waals surface area contributed by atoms with E-state index < -0.39 is 0 Å². The molecule has 1 unspecified atom stereocenters. The lowest BCUT2D eigenvalue weighted by molar-refractivity contribution is 0.317. The molecule has 0 spiro atoms. The molecule has 21 heavy (non-hydrogen) atoms. The number of nitrogens with zero attached hydrogens (tertiary/aromatic N) is 1. The topological polar surface area (TPSA) is 38.5 Å². The number of rotatable bonds is 7. The van der Waals surface area contributed by atoms with Gasteiger partial charge in [-0.1, -0.05) is 37.3 Å². The Labute approximate surface area is 127 Å². The highest BCUT2D eigenvalue weighted by Gasteiger charge is 2.15. The largest absolute Gasteiger partial charge is 0.494 e. The Morgan fingerprint density at radius 3 is 2.29 bits per heavy atom. The monoisotopic (exact) mass is 284 g/mol. The summed E-state index contributed by atoms with van der Waals surface area (Å²) < 4.78 is 5.62. The summed E-state index contributed by atoms with van der Waals surface area (Å²) in [6.45, 7) is 3.43. The Hall–Kier alpha value is -2.00. The summed E-state index contributed by atoms with van der Waals surface area (Å²) in [6.07, 6.45) is 1.02. The van der Waals surface area contributed by atoms with Crippen LogP contribution in [0.15, 0.2) is 54.6 Å². The first-order chi connectivity index (χ1) is 10.3. The van der Waals surface area contributed by atoms with Crippen LogP contribution in [0.1, 0.15) is 24.9 Å². The minimum Gasteiger partial charge on any atom is -0.494 e. The van der Waals surface area contributed by atoms with Gasteiger partial charge in [0.2, 0.25) is 0 Å². The van der Waals surface area contributed by atoms with Crippen molar-refractivity contribution >= 4 is 5.69 Å². The standard InChI is InChI=1S/C18H24N2O/c1-3-13-21-17-11-9-15(10-12-17)18(14-19)20(2)16-7-5-4-6-8-16/h4-12,18H,3,13-14,19H2,1-2H3. The fourth-order valence-corrected chi connectivity index (χ4v) is 2.37. The van der Waals surface area contributed by atoms with E-state index in [0.29, 0.717) is 6.54 Å². The molecule has 0 heterocycles. The first kappa shape index (κ1) is 15.4. The van der Waals surface area contributed by atoms with E-state index >= 15 is 0 Å². The van der Waals surface area contributed by atoms with E-state index in [-0.39, 0.29) is 6.04 Å². The third-order valence-electron chi connectivity index (χ3n) is 3.59. The van der Waals surface area contributed by atoms with Gasteiger partial charge in [0.05, 0.1) is 12.6 Å². The van der Waals surface area contributed by atoms with Gasteiger partial charge in [-0.25, -0.2) is 0 Å². The van der Waals surface area contributed by atoms with Gasteiger partial charge in [0.25, 0.3) is 0 Å². The molecule has 0 aliphatic carbocycles. The molecule has 2 N–H and O–H groups in total. The second-order valence-electron chi connectivity index (χ2n) is 5.12. The average molecular weight is 284 g/mol. The minimum atomic E-state index is 0.160. The first-order valence-corrected chi connectivity index (χ1v) is 7.47. The molecule has 0 aromatic heterocycles. The van der Waals surface area contributed by atoms with Crippen LogP contribution in [-0.4, -0.2) is 20.2 Å². The van der Waals surface area contributed by atoms with Crippen LogP contribution >= 0.6 is 0 Å². The second-order valence-corrected chi connectivity index (χ2v) is 5.12. The molecule has 2 aromatic carbocycles. The van der Waals surface area contributed by atoms with E-state index in [4.69, 9.17) is 10.5 Å². The van der Waals surface area contributed by atoms with E-state index in [1.165, 1.54) is 11.3 Å².